The van der Waals surface area contributed by atoms with E-state index in [0.717, 1.165) is 0 Å². The Bertz CT molecular complexity index is 501. The smallest absolute Gasteiger partial charge is 0.358 e. The molecular weight excluding hydrogens is 208 g/mol. The van der Waals surface area contributed by atoms with Crippen molar-refractivity contribution in [1.82, 2.24) is 9.97 Å². The Morgan fingerprint density at radius 3 is 2.62 bits per heavy atom. The van der Waals surface area contributed by atoms with Crippen molar-refractivity contribution in [3.63, 3.8) is 0 Å². The largest absolute Gasteiger partial charge is 0.387 e. The second-order valence-corrected chi connectivity index (χ2v) is 2.97. The van der Waals surface area contributed by atoms with Crippen molar-refractivity contribution in [3.8, 4) is 0 Å². The first-order valence-electron chi connectivity index (χ1n) is 4.55. The van der Waals surface area contributed by atoms with Crippen LogP contribution in [0.2, 0.25) is 0 Å². The maximum Gasteiger partial charge on any atom is 0.387 e. The molecular formula is C10H8N4O2. The van der Waals surface area contributed by atoms with Crippen molar-refractivity contribution in [3.05, 3.63) is 52.8 Å². The third-order valence-corrected chi connectivity index (χ3v) is 1.89. The number of anilines is 2. The molecule has 0 aromatic carbocycles. The van der Waals surface area contributed by atoms with Gasteiger partial charge in [-0.3, -0.25) is 0 Å². The Labute approximate surface area is 91.1 Å². The van der Waals surface area contributed by atoms with Crippen LogP contribution in [0, 0.1) is 10.1 Å². The summed E-state index contributed by atoms with van der Waals surface area (Å²) in [4.78, 5) is 17.9. The highest BCUT2D eigenvalue weighted by atomic mass is 16.6. The summed E-state index contributed by atoms with van der Waals surface area (Å²) in [7, 11) is 0. The summed E-state index contributed by atoms with van der Waals surface area (Å²) in [5.74, 6) is 0.326. The Morgan fingerprint density at radius 2 is 1.94 bits per heavy atom. The van der Waals surface area contributed by atoms with E-state index in [1.165, 1.54) is 6.20 Å². The lowest BCUT2D eigenvalue weighted by Crippen LogP contribution is -1.99. The van der Waals surface area contributed by atoms with Crippen LogP contribution in [0.25, 0.3) is 0 Å². The molecule has 0 aliphatic heterocycles. The molecule has 2 rings (SSSR count). The maximum atomic E-state index is 10.7. The van der Waals surface area contributed by atoms with Crippen molar-refractivity contribution >= 4 is 17.3 Å². The fourth-order valence-corrected chi connectivity index (χ4v) is 1.21. The van der Waals surface area contributed by atoms with Gasteiger partial charge in [-0.2, -0.15) is 0 Å². The van der Waals surface area contributed by atoms with Crippen molar-refractivity contribution < 1.29 is 4.92 Å². The first-order chi connectivity index (χ1) is 7.77. The first-order valence-corrected chi connectivity index (χ1v) is 4.55. The Morgan fingerprint density at radius 1 is 1.12 bits per heavy atom. The number of nitrogens with one attached hydrogen (secondary N) is 1. The van der Waals surface area contributed by atoms with Crippen LogP contribution < -0.4 is 5.32 Å². The summed E-state index contributed by atoms with van der Waals surface area (Å²) in [6.07, 6.45) is 2.98. The molecule has 1 N–H and O–H groups in total. The molecule has 0 amide bonds. The van der Waals surface area contributed by atoms with E-state index in [1.54, 1.807) is 36.5 Å². The number of aromatic nitrogens is 2. The van der Waals surface area contributed by atoms with E-state index in [-0.39, 0.29) is 5.82 Å². The quantitative estimate of drug-likeness (QED) is 0.627. The van der Waals surface area contributed by atoms with Gasteiger partial charge in [0.2, 0.25) is 0 Å². The predicted octanol–water partition coefficient (Wildman–Crippen LogP) is 2.13. The van der Waals surface area contributed by atoms with E-state index in [9.17, 15) is 10.1 Å². The zero-order chi connectivity index (χ0) is 11.4. The molecule has 6 nitrogen and oxygen atoms in total. The zero-order valence-corrected chi connectivity index (χ0v) is 8.20. The van der Waals surface area contributed by atoms with E-state index in [0.29, 0.717) is 11.5 Å². The van der Waals surface area contributed by atoms with E-state index in [4.69, 9.17) is 0 Å². The number of rotatable bonds is 3. The molecule has 0 unspecified atom stereocenters. The summed E-state index contributed by atoms with van der Waals surface area (Å²) < 4.78 is 0. The molecule has 6 heteroatoms. The summed E-state index contributed by atoms with van der Waals surface area (Å²) in [6, 6.07) is 8.48. The highest BCUT2D eigenvalue weighted by Gasteiger charge is 2.13. The number of hydrogen-bond acceptors (Lipinski definition) is 5. The highest BCUT2D eigenvalue weighted by Crippen LogP contribution is 2.23. The Balaban J connectivity index is 2.31. The topological polar surface area (TPSA) is 81.0 Å². The maximum absolute atomic E-state index is 10.7. The van der Waals surface area contributed by atoms with Crippen molar-refractivity contribution in [1.29, 1.82) is 0 Å². The van der Waals surface area contributed by atoms with Gasteiger partial charge in [0.25, 0.3) is 0 Å². The molecule has 2 aromatic rings. The van der Waals surface area contributed by atoms with Gasteiger partial charge in [0.1, 0.15) is 17.7 Å². The lowest BCUT2D eigenvalue weighted by Gasteiger charge is -2.04. The molecule has 0 radical (unpaired) electrons. The standard InChI is InChI=1S/C10H8N4O2/c15-14(16)10-8(4-3-7-12-10)13-9-5-1-2-6-11-9/h1-7H,(H,11,13). The molecule has 0 aliphatic carbocycles. The van der Waals surface area contributed by atoms with Gasteiger partial charge < -0.3 is 15.4 Å². The normalized spacial score (nSPS) is 9.75. The zero-order valence-electron chi connectivity index (χ0n) is 8.20. The Kier molecular flexibility index (Phi) is 2.73. The molecule has 0 saturated heterocycles. The minimum atomic E-state index is -0.536. The predicted molar refractivity (Wildman–Crippen MR) is 58.4 cm³/mol. The van der Waals surface area contributed by atoms with E-state index in [1.807, 2.05) is 0 Å². The second kappa shape index (κ2) is 4.35. The molecule has 80 valence electrons. The number of hydrogen-bond donors (Lipinski definition) is 1. The van der Waals surface area contributed by atoms with Crippen LogP contribution in [0.1, 0.15) is 0 Å². The molecule has 0 fully saturated rings. The molecule has 0 aliphatic rings. The minimum Gasteiger partial charge on any atom is -0.358 e. The molecule has 0 bridgehead atoms. The average Bonchev–Trinajstić information content (AvgIpc) is 2.31. The van der Waals surface area contributed by atoms with Gasteiger partial charge in [-0.15, -0.1) is 0 Å². The number of nitro groups is 1. The van der Waals surface area contributed by atoms with Gasteiger partial charge in [0, 0.05) is 6.20 Å². The van der Waals surface area contributed by atoms with Gasteiger partial charge in [-0.1, -0.05) is 6.07 Å². The van der Waals surface area contributed by atoms with Crippen molar-refractivity contribution in [2.45, 2.75) is 0 Å². The van der Waals surface area contributed by atoms with Crippen LogP contribution in [-0.4, -0.2) is 14.9 Å². The van der Waals surface area contributed by atoms with Crippen LogP contribution in [0.5, 0.6) is 0 Å². The SMILES string of the molecule is O=[N+]([O-])c1ncccc1Nc1ccccn1. The summed E-state index contributed by atoms with van der Waals surface area (Å²) in [5, 5.41) is 13.5. The van der Waals surface area contributed by atoms with Gasteiger partial charge in [-0.25, -0.2) is 4.98 Å². The number of nitrogens with zero attached hydrogens (tertiary/aromatic N) is 3. The van der Waals surface area contributed by atoms with Crippen LogP contribution in [0.4, 0.5) is 17.3 Å². The third kappa shape index (κ3) is 2.11. The van der Waals surface area contributed by atoms with Gasteiger partial charge in [-0.05, 0) is 34.2 Å². The Hall–Kier alpha value is -2.50. The third-order valence-electron chi connectivity index (χ3n) is 1.89. The fraction of sp³-hybridized carbons (Fsp3) is 0. The van der Waals surface area contributed by atoms with Crippen molar-refractivity contribution in [2.75, 3.05) is 5.32 Å². The van der Waals surface area contributed by atoms with Gasteiger partial charge in [0.05, 0.1) is 0 Å². The molecule has 0 spiro atoms. The lowest BCUT2D eigenvalue weighted by molar-refractivity contribution is -0.388. The number of pyridine rings is 2. The fourth-order valence-electron chi connectivity index (χ4n) is 1.21. The molecule has 2 aromatic heterocycles. The lowest BCUT2D eigenvalue weighted by atomic mass is 10.3. The molecule has 0 atom stereocenters. The first kappa shape index (κ1) is 10.0. The highest BCUT2D eigenvalue weighted by molar-refractivity contribution is 5.64. The summed E-state index contributed by atoms with van der Waals surface area (Å²) >= 11 is 0. The molecule has 0 saturated carbocycles. The van der Waals surface area contributed by atoms with Gasteiger partial charge in [0.15, 0.2) is 0 Å². The van der Waals surface area contributed by atoms with E-state index in [2.05, 4.69) is 15.3 Å². The monoisotopic (exact) mass is 216 g/mol. The van der Waals surface area contributed by atoms with Crippen LogP contribution in [-0.2, 0) is 0 Å². The van der Waals surface area contributed by atoms with E-state index < -0.39 is 4.92 Å². The summed E-state index contributed by atoms with van der Waals surface area (Å²) in [6.45, 7) is 0. The van der Waals surface area contributed by atoms with Crippen LogP contribution >= 0.6 is 0 Å². The molecule has 16 heavy (non-hydrogen) atoms. The van der Waals surface area contributed by atoms with Crippen molar-refractivity contribution in [2.24, 2.45) is 0 Å². The average molecular weight is 216 g/mol. The summed E-state index contributed by atoms with van der Waals surface area (Å²) in [5.41, 5.74) is 0.325. The second-order valence-electron chi connectivity index (χ2n) is 2.97. The van der Waals surface area contributed by atoms with Crippen LogP contribution in [0.3, 0.4) is 0 Å². The van der Waals surface area contributed by atoms with Crippen LogP contribution in [0.15, 0.2) is 42.7 Å². The van der Waals surface area contributed by atoms with E-state index >= 15 is 0 Å². The van der Waals surface area contributed by atoms with Gasteiger partial charge >= 0.3 is 5.82 Å². The molecule has 2 heterocycles. The minimum absolute atomic E-state index is 0.215.